The van der Waals surface area contributed by atoms with Crippen molar-refractivity contribution in [3.63, 3.8) is 0 Å². The predicted molar refractivity (Wildman–Crippen MR) is 75.5 cm³/mol. The number of anilines is 2. The maximum atomic E-state index is 13.1. The molecule has 1 heterocycles. The van der Waals surface area contributed by atoms with E-state index in [2.05, 4.69) is 5.32 Å². The second-order valence-corrected chi connectivity index (χ2v) is 4.50. The van der Waals surface area contributed by atoms with Crippen molar-refractivity contribution in [2.45, 2.75) is 13.5 Å². The third-order valence-corrected chi connectivity index (χ3v) is 2.76. The fourth-order valence-corrected chi connectivity index (χ4v) is 1.74. The number of rotatable bonds is 3. The average molecular weight is 292 g/mol. The first-order valence-corrected chi connectivity index (χ1v) is 6.02. The highest BCUT2D eigenvalue weighted by Crippen LogP contribution is 2.19. The maximum absolute atomic E-state index is 13.1. The maximum Gasteiger partial charge on any atom is 0.328 e. The van der Waals surface area contributed by atoms with Crippen LogP contribution in [0.3, 0.4) is 0 Å². The molecule has 2 rings (SSSR count). The van der Waals surface area contributed by atoms with Gasteiger partial charge in [-0.25, -0.2) is 4.79 Å². The summed E-state index contributed by atoms with van der Waals surface area (Å²) in [4.78, 5) is 35.9. The van der Waals surface area contributed by atoms with Crippen molar-refractivity contribution in [2.24, 2.45) is 0 Å². The van der Waals surface area contributed by atoms with Crippen molar-refractivity contribution in [1.82, 2.24) is 9.55 Å². The van der Waals surface area contributed by atoms with E-state index in [4.69, 9.17) is 5.73 Å². The Morgan fingerprint density at radius 3 is 2.81 bits per heavy atom. The van der Waals surface area contributed by atoms with Crippen LogP contribution in [-0.4, -0.2) is 15.5 Å². The van der Waals surface area contributed by atoms with Crippen LogP contribution >= 0.6 is 0 Å². The van der Waals surface area contributed by atoms with Crippen molar-refractivity contribution in [2.75, 3.05) is 11.1 Å². The number of H-pyrrole nitrogens is 1. The van der Waals surface area contributed by atoms with Gasteiger partial charge >= 0.3 is 5.69 Å². The van der Waals surface area contributed by atoms with Crippen molar-refractivity contribution in [3.8, 4) is 0 Å². The minimum Gasteiger partial charge on any atom is -0.397 e. The Hall–Kier alpha value is -2.90. The molecule has 0 radical (unpaired) electrons. The van der Waals surface area contributed by atoms with Crippen LogP contribution in [0.2, 0.25) is 0 Å². The van der Waals surface area contributed by atoms with E-state index >= 15 is 0 Å². The minimum absolute atomic E-state index is 0.378. The van der Waals surface area contributed by atoms with E-state index in [0.717, 1.165) is 10.1 Å². The summed E-state index contributed by atoms with van der Waals surface area (Å²) in [5.74, 6) is -1.71. The standard InChI is InChI=1S/C13H13FN4O3/c1-7-2-3-10(9(15)4-7)16-11(19)6-18-5-8(14)12(20)17-13(18)21/h2-5H,6,15H2,1H3,(H,16,19)(H,17,20,21). The first-order chi connectivity index (χ1) is 9.86. The van der Waals surface area contributed by atoms with Crippen LogP contribution in [0.15, 0.2) is 34.0 Å². The summed E-state index contributed by atoms with van der Waals surface area (Å²) in [5.41, 5.74) is 5.46. The third kappa shape index (κ3) is 3.35. The summed E-state index contributed by atoms with van der Waals surface area (Å²) in [5, 5.41) is 2.51. The number of nitrogens with two attached hydrogens (primary N) is 1. The van der Waals surface area contributed by atoms with Gasteiger partial charge in [-0.15, -0.1) is 0 Å². The lowest BCUT2D eigenvalue weighted by atomic mass is 10.2. The van der Waals surface area contributed by atoms with Gasteiger partial charge in [-0.3, -0.25) is 19.1 Å². The number of aromatic nitrogens is 2. The SMILES string of the molecule is Cc1ccc(NC(=O)Cn2cc(F)c(=O)[nH]c2=O)c(N)c1. The molecule has 0 aliphatic heterocycles. The Bertz CT molecular complexity index is 810. The summed E-state index contributed by atoms with van der Waals surface area (Å²) in [7, 11) is 0. The molecule has 1 aromatic heterocycles. The molecular formula is C13H13FN4O3. The zero-order valence-electron chi connectivity index (χ0n) is 11.1. The second kappa shape index (κ2) is 5.61. The Kier molecular flexibility index (Phi) is 3.88. The average Bonchev–Trinajstić information content (AvgIpc) is 2.39. The van der Waals surface area contributed by atoms with Gasteiger partial charge in [-0.1, -0.05) is 6.07 Å². The molecule has 8 heteroatoms. The van der Waals surface area contributed by atoms with Gasteiger partial charge in [-0.2, -0.15) is 4.39 Å². The molecule has 7 nitrogen and oxygen atoms in total. The Balaban J connectivity index is 2.17. The summed E-state index contributed by atoms with van der Waals surface area (Å²) < 4.78 is 13.9. The van der Waals surface area contributed by atoms with Gasteiger partial charge in [0.2, 0.25) is 11.7 Å². The highest BCUT2D eigenvalue weighted by atomic mass is 19.1. The van der Waals surface area contributed by atoms with Crippen LogP contribution < -0.4 is 22.3 Å². The Morgan fingerprint density at radius 2 is 2.14 bits per heavy atom. The fourth-order valence-electron chi connectivity index (χ4n) is 1.74. The molecule has 0 aliphatic rings. The molecule has 21 heavy (non-hydrogen) atoms. The molecule has 4 N–H and O–H groups in total. The van der Waals surface area contributed by atoms with E-state index in [1.807, 2.05) is 6.92 Å². The van der Waals surface area contributed by atoms with Gasteiger partial charge < -0.3 is 11.1 Å². The number of nitrogen functional groups attached to an aromatic ring is 1. The molecule has 2 aromatic rings. The molecule has 0 unspecified atom stereocenters. The van der Waals surface area contributed by atoms with Crippen molar-refractivity contribution >= 4 is 17.3 Å². The van der Waals surface area contributed by atoms with E-state index in [9.17, 15) is 18.8 Å². The van der Waals surface area contributed by atoms with Crippen LogP contribution in [-0.2, 0) is 11.3 Å². The number of hydrogen-bond donors (Lipinski definition) is 3. The lowest BCUT2D eigenvalue weighted by molar-refractivity contribution is -0.116. The quantitative estimate of drug-likeness (QED) is 0.702. The fraction of sp³-hybridized carbons (Fsp3) is 0.154. The lowest BCUT2D eigenvalue weighted by Crippen LogP contribution is -2.34. The Morgan fingerprint density at radius 1 is 1.43 bits per heavy atom. The van der Waals surface area contributed by atoms with Gasteiger partial charge in [-0.05, 0) is 24.6 Å². The van der Waals surface area contributed by atoms with Gasteiger partial charge in [0, 0.05) is 0 Å². The zero-order chi connectivity index (χ0) is 15.6. The monoisotopic (exact) mass is 292 g/mol. The topological polar surface area (TPSA) is 110 Å². The number of halogens is 1. The number of nitrogens with zero attached hydrogens (tertiary/aromatic N) is 1. The first kappa shape index (κ1) is 14.5. The van der Waals surface area contributed by atoms with Crippen LogP contribution in [0, 0.1) is 12.7 Å². The molecule has 0 bridgehead atoms. The molecule has 0 atom stereocenters. The van der Waals surface area contributed by atoms with E-state index in [1.54, 1.807) is 23.2 Å². The van der Waals surface area contributed by atoms with E-state index in [0.29, 0.717) is 17.6 Å². The smallest absolute Gasteiger partial charge is 0.328 e. The lowest BCUT2D eigenvalue weighted by Gasteiger charge is -2.09. The minimum atomic E-state index is -1.14. The largest absolute Gasteiger partial charge is 0.397 e. The van der Waals surface area contributed by atoms with Gasteiger partial charge in [0.25, 0.3) is 5.56 Å². The van der Waals surface area contributed by atoms with Gasteiger partial charge in [0.1, 0.15) is 6.54 Å². The van der Waals surface area contributed by atoms with Crippen molar-refractivity contribution in [1.29, 1.82) is 0 Å². The summed E-state index contributed by atoms with van der Waals surface area (Å²) in [6.45, 7) is 1.41. The Labute approximate surface area is 118 Å². The summed E-state index contributed by atoms with van der Waals surface area (Å²) >= 11 is 0. The van der Waals surface area contributed by atoms with E-state index in [1.165, 1.54) is 0 Å². The second-order valence-electron chi connectivity index (χ2n) is 4.50. The van der Waals surface area contributed by atoms with E-state index < -0.39 is 29.5 Å². The number of amides is 1. The van der Waals surface area contributed by atoms with Crippen LogP contribution in [0.1, 0.15) is 5.56 Å². The summed E-state index contributed by atoms with van der Waals surface area (Å²) in [6.07, 6.45) is 0.680. The summed E-state index contributed by atoms with van der Waals surface area (Å²) in [6, 6.07) is 5.07. The van der Waals surface area contributed by atoms with Crippen LogP contribution in [0.25, 0.3) is 0 Å². The first-order valence-electron chi connectivity index (χ1n) is 6.02. The molecule has 0 saturated carbocycles. The highest BCUT2D eigenvalue weighted by Gasteiger charge is 2.09. The number of aromatic amines is 1. The number of aryl methyl sites for hydroxylation is 1. The normalized spacial score (nSPS) is 10.4. The number of benzene rings is 1. The molecular weight excluding hydrogens is 279 g/mol. The number of hydrogen-bond acceptors (Lipinski definition) is 4. The predicted octanol–water partition coefficient (Wildman–Crippen LogP) is 0.205. The van der Waals surface area contributed by atoms with Gasteiger partial charge in [0.15, 0.2) is 0 Å². The molecule has 1 amide bonds. The number of carbonyl (C=O) groups excluding carboxylic acids is 1. The molecule has 0 fully saturated rings. The van der Waals surface area contributed by atoms with Crippen LogP contribution in [0.4, 0.5) is 15.8 Å². The van der Waals surface area contributed by atoms with Gasteiger partial charge in [0.05, 0.1) is 17.6 Å². The molecule has 110 valence electrons. The van der Waals surface area contributed by atoms with Crippen molar-refractivity contribution in [3.05, 3.63) is 56.6 Å². The van der Waals surface area contributed by atoms with Crippen molar-refractivity contribution < 1.29 is 9.18 Å². The molecule has 0 aliphatic carbocycles. The number of carbonyl (C=O) groups is 1. The molecule has 1 aromatic carbocycles. The molecule has 0 spiro atoms. The molecule has 0 saturated heterocycles. The highest BCUT2D eigenvalue weighted by molar-refractivity contribution is 5.93. The van der Waals surface area contributed by atoms with E-state index in [-0.39, 0.29) is 0 Å². The zero-order valence-corrected chi connectivity index (χ0v) is 11.1. The number of nitrogens with one attached hydrogen (secondary N) is 2. The third-order valence-electron chi connectivity index (χ3n) is 2.76. The van der Waals surface area contributed by atoms with Crippen LogP contribution in [0.5, 0.6) is 0 Å².